The Labute approximate surface area is 180 Å². The molecular formula is C23H25N3O5. The third-order valence-electron chi connectivity index (χ3n) is 4.98. The molecule has 0 aromatic heterocycles. The summed E-state index contributed by atoms with van der Waals surface area (Å²) in [7, 11) is 0. The number of imide groups is 1. The summed E-state index contributed by atoms with van der Waals surface area (Å²) in [6.45, 7) is 8.91. The van der Waals surface area contributed by atoms with E-state index >= 15 is 0 Å². The first-order valence-electron chi connectivity index (χ1n) is 9.71. The van der Waals surface area contributed by atoms with Crippen LogP contribution in [0.15, 0.2) is 54.6 Å². The SMILES string of the molecule is C=C(C)COc1ccc(C2(C)NC(=O)N(CC(=O)Nc3ccc(O)cc3C)C2=O)cc1. The second-order valence-corrected chi connectivity index (χ2v) is 7.76. The van der Waals surface area contributed by atoms with Crippen molar-refractivity contribution in [3.05, 3.63) is 65.7 Å². The standard InChI is InChI=1S/C23H25N3O5/c1-14(2)13-31-18-8-5-16(6-9-18)23(4)21(29)26(22(30)25-23)12-20(28)24-19-10-7-17(27)11-15(19)3/h5-11,27H,1,12-13H2,2-4H3,(H,24,28)(H,25,30). The summed E-state index contributed by atoms with van der Waals surface area (Å²) < 4.78 is 5.56. The van der Waals surface area contributed by atoms with Crippen LogP contribution in [0, 0.1) is 6.92 Å². The number of phenolic OH excluding ortho intramolecular Hbond substituents is 1. The highest BCUT2D eigenvalue weighted by Crippen LogP contribution is 2.30. The molecule has 2 aromatic rings. The van der Waals surface area contributed by atoms with E-state index in [1.54, 1.807) is 44.2 Å². The van der Waals surface area contributed by atoms with Crippen LogP contribution < -0.4 is 15.4 Å². The Kier molecular flexibility index (Phi) is 6.01. The van der Waals surface area contributed by atoms with Gasteiger partial charge in [-0.3, -0.25) is 14.5 Å². The number of nitrogens with zero attached hydrogens (tertiary/aromatic N) is 1. The highest BCUT2D eigenvalue weighted by Gasteiger charge is 2.49. The highest BCUT2D eigenvalue weighted by molar-refractivity contribution is 6.10. The van der Waals surface area contributed by atoms with Gasteiger partial charge in [0.15, 0.2) is 0 Å². The molecule has 0 aliphatic carbocycles. The maximum atomic E-state index is 13.0. The first kappa shape index (κ1) is 21.9. The Hall–Kier alpha value is -3.81. The van der Waals surface area contributed by atoms with Crippen LogP contribution in [0.3, 0.4) is 0 Å². The third-order valence-corrected chi connectivity index (χ3v) is 4.98. The Morgan fingerprint density at radius 2 is 1.90 bits per heavy atom. The van der Waals surface area contributed by atoms with Crippen LogP contribution in [-0.4, -0.2) is 41.0 Å². The minimum atomic E-state index is -1.29. The average molecular weight is 423 g/mol. The molecule has 0 saturated carbocycles. The van der Waals surface area contributed by atoms with E-state index in [4.69, 9.17) is 4.74 Å². The topological polar surface area (TPSA) is 108 Å². The highest BCUT2D eigenvalue weighted by atomic mass is 16.5. The molecule has 1 atom stereocenters. The van der Waals surface area contributed by atoms with Crippen molar-refractivity contribution in [2.45, 2.75) is 26.3 Å². The molecule has 1 aliphatic rings. The minimum Gasteiger partial charge on any atom is -0.508 e. The third kappa shape index (κ3) is 4.69. The Balaban J connectivity index is 1.70. The zero-order valence-corrected chi connectivity index (χ0v) is 17.7. The molecule has 0 radical (unpaired) electrons. The molecule has 0 bridgehead atoms. The van der Waals surface area contributed by atoms with Crippen LogP contribution in [0.25, 0.3) is 0 Å². The Morgan fingerprint density at radius 1 is 1.23 bits per heavy atom. The number of hydrogen-bond acceptors (Lipinski definition) is 5. The van der Waals surface area contributed by atoms with Gasteiger partial charge in [0.2, 0.25) is 5.91 Å². The largest absolute Gasteiger partial charge is 0.508 e. The normalized spacial score (nSPS) is 18.0. The van der Waals surface area contributed by atoms with E-state index in [1.165, 1.54) is 12.1 Å². The van der Waals surface area contributed by atoms with E-state index in [-0.39, 0.29) is 5.75 Å². The fourth-order valence-electron chi connectivity index (χ4n) is 3.25. The van der Waals surface area contributed by atoms with Crippen LogP contribution in [0.2, 0.25) is 0 Å². The van der Waals surface area contributed by atoms with E-state index in [2.05, 4.69) is 17.2 Å². The number of ether oxygens (including phenoxy) is 1. The molecule has 1 fully saturated rings. The van der Waals surface area contributed by atoms with Crippen LogP contribution in [0.5, 0.6) is 11.5 Å². The molecule has 3 N–H and O–H groups in total. The summed E-state index contributed by atoms with van der Waals surface area (Å²) in [5.74, 6) is -0.347. The number of nitrogens with one attached hydrogen (secondary N) is 2. The lowest BCUT2D eigenvalue weighted by Crippen LogP contribution is -2.42. The predicted octanol–water partition coefficient (Wildman–Crippen LogP) is 3.06. The number of urea groups is 1. The van der Waals surface area contributed by atoms with E-state index in [1.807, 2.05) is 6.92 Å². The molecular weight excluding hydrogens is 398 g/mol. The lowest BCUT2D eigenvalue weighted by atomic mass is 9.92. The van der Waals surface area contributed by atoms with Gasteiger partial charge < -0.3 is 20.5 Å². The molecule has 1 saturated heterocycles. The van der Waals surface area contributed by atoms with Gasteiger partial charge in [-0.2, -0.15) is 0 Å². The van der Waals surface area contributed by atoms with E-state index in [9.17, 15) is 19.5 Å². The van der Waals surface area contributed by atoms with Gasteiger partial charge in [-0.1, -0.05) is 18.7 Å². The number of rotatable bonds is 7. The quantitative estimate of drug-likeness (QED) is 0.360. The summed E-state index contributed by atoms with van der Waals surface area (Å²) in [5, 5.41) is 14.8. The summed E-state index contributed by atoms with van der Waals surface area (Å²) >= 11 is 0. The molecule has 4 amide bonds. The second kappa shape index (κ2) is 8.51. The summed E-state index contributed by atoms with van der Waals surface area (Å²) in [4.78, 5) is 38.8. The van der Waals surface area contributed by atoms with Crippen LogP contribution >= 0.6 is 0 Å². The van der Waals surface area contributed by atoms with Gasteiger partial charge in [0, 0.05) is 5.69 Å². The zero-order valence-electron chi connectivity index (χ0n) is 17.7. The number of amides is 4. The molecule has 0 spiro atoms. The molecule has 1 unspecified atom stereocenters. The molecule has 31 heavy (non-hydrogen) atoms. The van der Waals surface area contributed by atoms with Crippen LogP contribution in [-0.2, 0) is 15.1 Å². The molecule has 1 heterocycles. The van der Waals surface area contributed by atoms with Crippen molar-refractivity contribution in [2.24, 2.45) is 0 Å². The number of aryl methyl sites for hydroxylation is 1. The Morgan fingerprint density at radius 3 is 2.52 bits per heavy atom. The van der Waals surface area contributed by atoms with Gasteiger partial charge in [-0.05, 0) is 67.8 Å². The number of carbonyl (C=O) groups excluding carboxylic acids is 3. The van der Waals surface area contributed by atoms with Crippen molar-refractivity contribution < 1.29 is 24.2 Å². The lowest BCUT2D eigenvalue weighted by Gasteiger charge is -2.22. The molecule has 8 nitrogen and oxygen atoms in total. The van der Waals surface area contributed by atoms with Crippen LogP contribution in [0.1, 0.15) is 25.0 Å². The minimum absolute atomic E-state index is 0.0800. The van der Waals surface area contributed by atoms with Gasteiger partial charge >= 0.3 is 6.03 Å². The predicted molar refractivity (Wildman–Crippen MR) is 116 cm³/mol. The smallest absolute Gasteiger partial charge is 0.325 e. The molecule has 8 heteroatoms. The molecule has 3 rings (SSSR count). The maximum absolute atomic E-state index is 13.0. The molecule has 162 valence electrons. The van der Waals surface area contributed by atoms with E-state index in [0.29, 0.717) is 29.2 Å². The summed E-state index contributed by atoms with van der Waals surface area (Å²) in [6.07, 6.45) is 0. The monoisotopic (exact) mass is 423 g/mol. The molecule has 1 aliphatic heterocycles. The lowest BCUT2D eigenvalue weighted by molar-refractivity contribution is -0.133. The zero-order chi connectivity index (χ0) is 22.8. The summed E-state index contributed by atoms with van der Waals surface area (Å²) in [6, 6.07) is 10.7. The van der Waals surface area contributed by atoms with Crippen molar-refractivity contribution >= 4 is 23.5 Å². The first-order valence-corrected chi connectivity index (χ1v) is 9.71. The van der Waals surface area contributed by atoms with Crippen molar-refractivity contribution in [3.63, 3.8) is 0 Å². The molecule has 2 aromatic carbocycles. The second-order valence-electron chi connectivity index (χ2n) is 7.76. The van der Waals surface area contributed by atoms with Crippen molar-refractivity contribution in [1.82, 2.24) is 10.2 Å². The number of phenols is 1. The fraction of sp³-hybridized carbons (Fsp3) is 0.261. The number of carbonyl (C=O) groups is 3. The summed E-state index contributed by atoms with van der Waals surface area (Å²) in [5.41, 5.74) is 1.31. The maximum Gasteiger partial charge on any atom is 0.325 e. The van der Waals surface area contributed by atoms with E-state index < -0.39 is 29.9 Å². The van der Waals surface area contributed by atoms with Gasteiger partial charge in [0.1, 0.15) is 30.2 Å². The van der Waals surface area contributed by atoms with E-state index in [0.717, 1.165) is 10.5 Å². The van der Waals surface area contributed by atoms with Gasteiger partial charge in [-0.25, -0.2) is 4.79 Å². The number of aromatic hydroxyl groups is 1. The number of benzene rings is 2. The van der Waals surface area contributed by atoms with Gasteiger partial charge in [0.25, 0.3) is 5.91 Å². The fourth-order valence-corrected chi connectivity index (χ4v) is 3.25. The van der Waals surface area contributed by atoms with Gasteiger partial charge in [0.05, 0.1) is 0 Å². The van der Waals surface area contributed by atoms with Crippen molar-refractivity contribution in [1.29, 1.82) is 0 Å². The van der Waals surface area contributed by atoms with Crippen molar-refractivity contribution in [3.8, 4) is 11.5 Å². The van der Waals surface area contributed by atoms with Crippen LogP contribution in [0.4, 0.5) is 10.5 Å². The Bertz CT molecular complexity index is 1050. The first-order chi connectivity index (χ1) is 14.6. The van der Waals surface area contributed by atoms with Gasteiger partial charge in [-0.15, -0.1) is 0 Å². The number of anilines is 1. The average Bonchev–Trinajstić information content (AvgIpc) is 2.93. The van der Waals surface area contributed by atoms with Crippen molar-refractivity contribution in [2.75, 3.05) is 18.5 Å². The number of hydrogen-bond donors (Lipinski definition) is 3.